The van der Waals surface area contributed by atoms with Crippen LogP contribution in [0.4, 0.5) is 5.69 Å². The Bertz CT molecular complexity index is 639. The molecule has 1 aromatic heterocycles. The van der Waals surface area contributed by atoms with E-state index >= 15 is 0 Å². The van der Waals surface area contributed by atoms with Gasteiger partial charge in [0, 0.05) is 23.4 Å². The van der Waals surface area contributed by atoms with Crippen LogP contribution in [0.3, 0.4) is 0 Å². The molecule has 0 aliphatic rings. The average Bonchev–Trinajstić information content (AvgIpc) is 2.29. The highest BCUT2D eigenvalue weighted by Crippen LogP contribution is 2.24. The van der Waals surface area contributed by atoms with Gasteiger partial charge in [-0.05, 0) is 18.2 Å². The molecule has 0 N–H and O–H groups in total. The smallest absolute Gasteiger partial charge is 0.267 e. The zero-order chi connectivity index (χ0) is 12.4. The van der Waals surface area contributed by atoms with Gasteiger partial charge in [-0.3, -0.25) is 14.9 Å². The van der Waals surface area contributed by atoms with E-state index in [1.54, 1.807) is 0 Å². The molecule has 6 nitrogen and oxygen atoms in total. The molecule has 7 heteroatoms. The fourth-order valence-corrected chi connectivity index (χ4v) is 1.53. The van der Waals surface area contributed by atoms with Crippen LogP contribution in [0, 0.1) is 10.1 Å². The normalized spacial score (nSPS) is 10.2. The second-order valence-corrected chi connectivity index (χ2v) is 3.60. The van der Waals surface area contributed by atoms with Crippen molar-refractivity contribution < 1.29 is 4.92 Å². The van der Waals surface area contributed by atoms with Crippen LogP contribution in [0.1, 0.15) is 0 Å². The van der Waals surface area contributed by atoms with E-state index in [-0.39, 0.29) is 11.4 Å². The zero-order valence-corrected chi connectivity index (χ0v) is 9.16. The Hall–Kier alpha value is -2.21. The molecule has 0 radical (unpaired) electrons. The minimum Gasteiger partial charge on any atom is -0.267 e. The molecule has 1 heterocycles. The van der Waals surface area contributed by atoms with Gasteiger partial charge >= 0.3 is 0 Å². The monoisotopic (exact) mass is 251 g/mol. The number of nitrogens with zero attached hydrogens (tertiary/aromatic N) is 3. The lowest BCUT2D eigenvalue weighted by Gasteiger charge is -2.04. The molecule has 0 unspecified atom stereocenters. The number of halogens is 1. The van der Waals surface area contributed by atoms with Crippen LogP contribution in [0.2, 0.25) is 5.02 Å². The molecular formula is C10H6ClN3O3. The predicted molar refractivity (Wildman–Crippen MR) is 61.5 cm³/mol. The Morgan fingerprint density at radius 2 is 2.12 bits per heavy atom. The maximum atomic E-state index is 11.5. The molecule has 0 amide bonds. The van der Waals surface area contributed by atoms with E-state index in [0.29, 0.717) is 5.02 Å². The Labute approximate surface area is 100 Å². The van der Waals surface area contributed by atoms with Gasteiger partial charge in [-0.15, -0.1) is 0 Å². The second-order valence-electron chi connectivity index (χ2n) is 3.16. The van der Waals surface area contributed by atoms with Crippen molar-refractivity contribution in [2.45, 2.75) is 0 Å². The Morgan fingerprint density at radius 1 is 1.35 bits per heavy atom. The standard InChI is InChI=1S/C10H6ClN3O3/c11-7-3-4-8(14(16)17)9(6-7)13-10(15)2-1-5-12-13/h1-6H. The first kappa shape index (κ1) is 11.3. The summed E-state index contributed by atoms with van der Waals surface area (Å²) in [5, 5.41) is 14.9. The van der Waals surface area contributed by atoms with E-state index in [4.69, 9.17) is 11.6 Å². The predicted octanol–water partition coefficient (Wildman–Crippen LogP) is 1.79. The van der Waals surface area contributed by atoms with E-state index in [0.717, 1.165) is 4.68 Å². The van der Waals surface area contributed by atoms with Gasteiger partial charge in [-0.2, -0.15) is 9.78 Å². The summed E-state index contributed by atoms with van der Waals surface area (Å²) in [6, 6.07) is 6.66. The number of aromatic nitrogens is 2. The van der Waals surface area contributed by atoms with Crippen LogP contribution in [0.15, 0.2) is 41.3 Å². The topological polar surface area (TPSA) is 78.0 Å². The molecule has 17 heavy (non-hydrogen) atoms. The first-order chi connectivity index (χ1) is 8.09. The summed E-state index contributed by atoms with van der Waals surface area (Å²) in [5.74, 6) is 0. The van der Waals surface area contributed by atoms with E-state index in [1.165, 1.54) is 36.5 Å². The lowest BCUT2D eigenvalue weighted by molar-refractivity contribution is -0.384. The van der Waals surface area contributed by atoms with Crippen molar-refractivity contribution in [3.05, 3.63) is 62.0 Å². The molecule has 0 atom stereocenters. The molecule has 0 bridgehead atoms. The summed E-state index contributed by atoms with van der Waals surface area (Å²) in [5.41, 5.74) is -0.638. The number of nitro benzene ring substituents is 1. The van der Waals surface area contributed by atoms with E-state index in [1.807, 2.05) is 0 Å². The van der Waals surface area contributed by atoms with Crippen LogP contribution in [0.25, 0.3) is 5.69 Å². The molecule has 2 aromatic rings. The van der Waals surface area contributed by atoms with E-state index in [9.17, 15) is 14.9 Å². The van der Waals surface area contributed by atoms with Crippen molar-refractivity contribution in [3.63, 3.8) is 0 Å². The first-order valence-corrected chi connectivity index (χ1v) is 4.96. The average molecular weight is 252 g/mol. The minimum atomic E-state index is -0.590. The Morgan fingerprint density at radius 3 is 2.76 bits per heavy atom. The van der Waals surface area contributed by atoms with Crippen molar-refractivity contribution in [2.75, 3.05) is 0 Å². The van der Waals surface area contributed by atoms with Gasteiger partial charge in [0.1, 0.15) is 5.69 Å². The van der Waals surface area contributed by atoms with Crippen molar-refractivity contribution in [3.8, 4) is 5.69 Å². The van der Waals surface area contributed by atoms with Gasteiger partial charge in [0.15, 0.2) is 0 Å². The number of rotatable bonds is 2. The lowest BCUT2D eigenvalue weighted by atomic mass is 10.2. The van der Waals surface area contributed by atoms with Crippen LogP contribution in [-0.2, 0) is 0 Å². The Balaban J connectivity index is 2.74. The van der Waals surface area contributed by atoms with Gasteiger partial charge in [0.25, 0.3) is 11.2 Å². The molecular weight excluding hydrogens is 246 g/mol. The SMILES string of the molecule is O=c1cccnn1-c1cc(Cl)ccc1[N+](=O)[O-]. The van der Waals surface area contributed by atoms with E-state index < -0.39 is 10.5 Å². The maximum absolute atomic E-state index is 11.5. The highest BCUT2D eigenvalue weighted by Gasteiger charge is 2.16. The van der Waals surface area contributed by atoms with Gasteiger partial charge in [0.05, 0.1) is 4.92 Å². The fourth-order valence-electron chi connectivity index (χ4n) is 1.36. The summed E-state index contributed by atoms with van der Waals surface area (Å²) in [7, 11) is 0. The van der Waals surface area contributed by atoms with Gasteiger partial charge < -0.3 is 0 Å². The molecule has 0 saturated carbocycles. The quantitative estimate of drug-likeness (QED) is 0.602. The number of hydrogen-bond acceptors (Lipinski definition) is 4. The van der Waals surface area contributed by atoms with Gasteiger partial charge in [-0.25, -0.2) is 0 Å². The molecule has 86 valence electrons. The van der Waals surface area contributed by atoms with Crippen molar-refractivity contribution >= 4 is 17.3 Å². The van der Waals surface area contributed by atoms with Crippen molar-refractivity contribution in [1.29, 1.82) is 0 Å². The molecule has 0 aliphatic heterocycles. The molecule has 0 fully saturated rings. The molecule has 1 aromatic carbocycles. The summed E-state index contributed by atoms with van der Waals surface area (Å²) in [4.78, 5) is 21.8. The minimum absolute atomic E-state index is 0.0492. The molecule has 2 rings (SSSR count). The third-order valence-corrected chi connectivity index (χ3v) is 2.31. The van der Waals surface area contributed by atoms with Gasteiger partial charge in [-0.1, -0.05) is 11.6 Å². The maximum Gasteiger partial charge on any atom is 0.295 e. The molecule has 0 aliphatic carbocycles. The van der Waals surface area contributed by atoms with Crippen LogP contribution < -0.4 is 5.56 Å². The van der Waals surface area contributed by atoms with Crippen LogP contribution in [0.5, 0.6) is 0 Å². The Kier molecular flexibility index (Phi) is 2.88. The van der Waals surface area contributed by atoms with Crippen molar-refractivity contribution in [2.24, 2.45) is 0 Å². The highest BCUT2D eigenvalue weighted by atomic mass is 35.5. The first-order valence-electron chi connectivity index (χ1n) is 4.58. The second kappa shape index (κ2) is 4.34. The van der Waals surface area contributed by atoms with Crippen LogP contribution in [-0.4, -0.2) is 14.7 Å². The number of nitro groups is 1. The van der Waals surface area contributed by atoms with E-state index in [2.05, 4.69) is 5.10 Å². The zero-order valence-electron chi connectivity index (χ0n) is 8.41. The van der Waals surface area contributed by atoms with Gasteiger partial charge in [0.2, 0.25) is 0 Å². The summed E-state index contributed by atoms with van der Waals surface area (Å²) in [6.07, 6.45) is 1.37. The largest absolute Gasteiger partial charge is 0.295 e. The summed E-state index contributed by atoms with van der Waals surface area (Å²) < 4.78 is 0.935. The third kappa shape index (κ3) is 2.16. The fraction of sp³-hybridized carbons (Fsp3) is 0. The third-order valence-electron chi connectivity index (χ3n) is 2.08. The number of hydrogen-bond donors (Lipinski definition) is 0. The summed E-state index contributed by atoms with van der Waals surface area (Å²) in [6.45, 7) is 0. The van der Waals surface area contributed by atoms with Crippen molar-refractivity contribution in [1.82, 2.24) is 9.78 Å². The van der Waals surface area contributed by atoms with Crippen LogP contribution >= 0.6 is 11.6 Å². The number of benzene rings is 1. The lowest BCUT2D eigenvalue weighted by Crippen LogP contribution is -2.20. The highest BCUT2D eigenvalue weighted by molar-refractivity contribution is 6.30. The molecule has 0 spiro atoms. The summed E-state index contributed by atoms with van der Waals surface area (Å²) >= 11 is 5.76. The molecule has 0 saturated heterocycles.